The average molecular weight is 439 g/mol. The molecule has 1 saturated heterocycles. The van der Waals surface area contributed by atoms with Crippen molar-refractivity contribution in [1.29, 1.82) is 0 Å². The molecule has 2 atom stereocenters. The lowest BCUT2D eigenvalue weighted by Crippen LogP contribution is -2.33. The summed E-state index contributed by atoms with van der Waals surface area (Å²) in [6.07, 6.45) is 4.70. The summed E-state index contributed by atoms with van der Waals surface area (Å²) >= 11 is 12.2. The maximum atomic E-state index is 12.4. The molecule has 1 N–H and O–H groups in total. The maximum absolute atomic E-state index is 12.4. The number of amides is 3. The summed E-state index contributed by atoms with van der Waals surface area (Å²) < 4.78 is 4.94. The predicted molar refractivity (Wildman–Crippen MR) is 107 cm³/mol. The summed E-state index contributed by atoms with van der Waals surface area (Å²) in [6.45, 7) is 1.18. The van der Waals surface area contributed by atoms with Crippen LogP contribution in [0.4, 0.5) is 5.69 Å². The van der Waals surface area contributed by atoms with Gasteiger partial charge in [-0.05, 0) is 31.4 Å². The van der Waals surface area contributed by atoms with Crippen LogP contribution in [0.15, 0.2) is 24.3 Å². The third-order valence-corrected chi connectivity index (χ3v) is 5.85. The number of rotatable bonds is 6. The first kappa shape index (κ1) is 21.3. The number of carbonyl (C=O) groups excluding carboxylic acids is 4. The quantitative estimate of drug-likeness (QED) is 0.418. The Morgan fingerprint density at radius 1 is 1.14 bits per heavy atom. The van der Waals surface area contributed by atoms with Gasteiger partial charge in [0.25, 0.3) is 5.91 Å². The van der Waals surface area contributed by atoms with E-state index in [1.165, 1.54) is 0 Å². The van der Waals surface area contributed by atoms with Gasteiger partial charge >= 0.3 is 5.97 Å². The molecule has 154 valence electrons. The molecule has 2 unspecified atom stereocenters. The molecule has 1 aromatic carbocycles. The van der Waals surface area contributed by atoms with Crippen LogP contribution in [-0.4, -0.2) is 41.7 Å². The predicted octanol–water partition coefficient (Wildman–Crippen LogP) is 3.12. The Morgan fingerprint density at radius 3 is 2.38 bits per heavy atom. The highest BCUT2D eigenvalue weighted by molar-refractivity contribution is 6.40. The number of halogens is 2. The minimum atomic E-state index is -0.685. The Kier molecular flexibility index (Phi) is 6.59. The lowest BCUT2D eigenvalue weighted by molar-refractivity contribution is -0.148. The van der Waals surface area contributed by atoms with Crippen LogP contribution >= 0.6 is 23.2 Å². The van der Waals surface area contributed by atoms with Gasteiger partial charge in [-0.25, -0.2) is 0 Å². The lowest BCUT2D eigenvalue weighted by atomic mass is 9.85. The fraction of sp³-hybridized carbons (Fsp3) is 0.400. The summed E-state index contributed by atoms with van der Waals surface area (Å²) in [5.41, 5.74) is 0.984. The van der Waals surface area contributed by atoms with E-state index in [0.29, 0.717) is 17.9 Å². The Bertz CT molecular complexity index is 873. The van der Waals surface area contributed by atoms with Gasteiger partial charge in [0.15, 0.2) is 6.61 Å². The molecule has 7 nitrogen and oxygen atoms in total. The number of benzene rings is 1. The Balaban J connectivity index is 1.47. The van der Waals surface area contributed by atoms with Crippen molar-refractivity contribution in [2.75, 3.05) is 18.5 Å². The number of aryl methyl sites for hydroxylation is 1. The first-order chi connectivity index (χ1) is 13.8. The molecule has 1 aliphatic heterocycles. The Morgan fingerprint density at radius 2 is 1.76 bits per heavy atom. The molecule has 0 spiro atoms. The van der Waals surface area contributed by atoms with E-state index in [4.69, 9.17) is 27.9 Å². The number of nitrogens with one attached hydrogen (secondary N) is 1. The number of allylic oxidation sites excluding steroid dienone is 2. The normalized spacial score (nSPS) is 20.6. The largest absolute Gasteiger partial charge is 0.456 e. The Labute approximate surface area is 178 Å². The van der Waals surface area contributed by atoms with Gasteiger partial charge in [-0.15, -0.1) is 0 Å². The minimum Gasteiger partial charge on any atom is -0.456 e. The average Bonchev–Trinajstić information content (AvgIpc) is 2.95. The zero-order chi connectivity index (χ0) is 21.1. The molecule has 1 heterocycles. The van der Waals surface area contributed by atoms with Crippen molar-refractivity contribution in [3.63, 3.8) is 0 Å². The molecule has 1 aromatic rings. The van der Waals surface area contributed by atoms with Gasteiger partial charge in [-0.3, -0.25) is 24.1 Å². The van der Waals surface area contributed by atoms with Crippen molar-refractivity contribution in [1.82, 2.24) is 4.90 Å². The van der Waals surface area contributed by atoms with Crippen LogP contribution in [-0.2, 0) is 23.9 Å². The van der Waals surface area contributed by atoms with Gasteiger partial charge in [-0.1, -0.05) is 41.4 Å². The Hall–Kier alpha value is -2.38. The minimum absolute atomic E-state index is 0.0549. The fourth-order valence-corrected chi connectivity index (χ4v) is 3.92. The van der Waals surface area contributed by atoms with Gasteiger partial charge in [0, 0.05) is 6.54 Å². The third kappa shape index (κ3) is 4.62. The van der Waals surface area contributed by atoms with Crippen molar-refractivity contribution < 1.29 is 23.9 Å². The zero-order valence-electron chi connectivity index (χ0n) is 15.7. The fourth-order valence-electron chi connectivity index (χ4n) is 3.46. The van der Waals surface area contributed by atoms with E-state index in [9.17, 15) is 19.2 Å². The highest BCUT2D eigenvalue weighted by Gasteiger charge is 2.46. The van der Waals surface area contributed by atoms with Crippen LogP contribution in [0.3, 0.4) is 0 Å². The van der Waals surface area contributed by atoms with E-state index < -0.39 is 18.5 Å². The molecule has 3 amide bonds. The topological polar surface area (TPSA) is 92.8 Å². The molecular formula is C20H20Cl2N2O5. The number of nitrogens with zero attached hydrogens (tertiary/aromatic N) is 1. The number of anilines is 1. The second kappa shape index (κ2) is 8.97. The van der Waals surface area contributed by atoms with Crippen LogP contribution < -0.4 is 5.32 Å². The van der Waals surface area contributed by atoms with Crippen molar-refractivity contribution in [3.05, 3.63) is 39.9 Å². The van der Waals surface area contributed by atoms with Gasteiger partial charge in [0.2, 0.25) is 11.8 Å². The molecule has 9 heteroatoms. The number of hydrogen-bond acceptors (Lipinski definition) is 5. The summed E-state index contributed by atoms with van der Waals surface area (Å²) in [4.78, 5) is 49.8. The molecule has 0 radical (unpaired) electrons. The lowest BCUT2D eigenvalue weighted by Gasteiger charge is -2.14. The van der Waals surface area contributed by atoms with E-state index in [1.807, 2.05) is 12.2 Å². The SMILES string of the molecule is Cc1ccc(Cl)c(NC(=O)COC(=O)CCN2C(=O)C3CC=CCC3C2=O)c1Cl. The molecule has 1 aliphatic carbocycles. The second-order valence-electron chi connectivity index (χ2n) is 7.00. The molecule has 2 aliphatic rings. The van der Waals surface area contributed by atoms with Crippen LogP contribution in [0, 0.1) is 18.8 Å². The highest BCUT2D eigenvalue weighted by Crippen LogP contribution is 2.35. The number of imide groups is 1. The standard InChI is InChI=1S/C20H20Cl2N2O5/c1-11-6-7-14(21)18(17(11)22)23-15(25)10-29-16(26)8-9-24-19(27)12-4-2-3-5-13(12)20(24)28/h2-3,6-7,12-13H,4-5,8-10H2,1H3,(H,23,25). The number of fused-ring (bicyclic) bond motifs is 1. The molecule has 0 bridgehead atoms. The van der Waals surface area contributed by atoms with Crippen molar-refractivity contribution in [2.45, 2.75) is 26.2 Å². The number of esters is 1. The molecule has 3 rings (SSSR count). The van der Waals surface area contributed by atoms with Gasteiger partial charge in [0.05, 0.1) is 34.0 Å². The van der Waals surface area contributed by atoms with Crippen molar-refractivity contribution in [3.8, 4) is 0 Å². The first-order valence-corrected chi connectivity index (χ1v) is 9.95. The van der Waals surface area contributed by atoms with Crippen molar-refractivity contribution in [2.24, 2.45) is 11.8 Å². The smallest absolute Gasteiger partial charge is 0.308 e. The number of carbonyl (C=O) groups is 4. The third-order valence-electron chi connectivity index (χ3n) is 5.05. The molecule has 1 fully saturated rings. The van der Waals surface area contributed by atoms with Gasteiger partial charge in [-0.2, -0.15) is 0 Å². The van der Waals surface area contributed by atoms with E-state index in [0.717, 1.165) is 10.5 Å². The number of likely N-dealkylation sites (tertiary alicyclic amines) is 1. The zero-order valence-corrected chi connectivity index (χ0v) is 17.3. The van der Waals surface area contributed by atoms with E-state index >= 15 is 0 Å². The van der Waals surface area contributed by atoms with E-state index in [2.05, 4.69) is 5.32 Å². The van der Waals surface area contributed by atoms with Crippen LogP contribution in [0.2, 0.25) is 10.0 Å². The first-order valence-electron chi connectivity index (χ1n) is 9.20. The van der Waals surface area contributed by atoms with Crippen LogP contribution in [0.5, 0.6) is 0 Å². The van der Waals surface area contributed by atoms with Gasteiger partial charge < -0.3 is 10.1 Å². The highest BCUT2D eigenvalue weighted by atomic mass is 35.5. The summed E-state index contributed by atoms with van der Waals surface area (Å²) in [5, 5.41) is 3.08. The van der Waals surface area contributed by atoms with Crippen LogP contribution in [0.25, 0.3) is 0 Å². The van der Waals surface area contributed by atoms with Crippen molar-refractivity contribution >= 4 is 52.6 Å². The summed E-state index contributed by atoms with van der Waals surface area (Å²) in [6, 6.07) is 3.31. The van der Waals surface area contributed by atoms with Crippen LogP contribution in [0.1, 0.15) is 24.8 Å². The maximum Gasteiger partial charge on any atom is 0.308 e. The van der Waals surface area contributed by atoms with E-state index in [1.54, 1.807) is 19.1 Å². The molecular weight excluding hydrogens is 419 g/mol. The molecule has 29 heavy (non-hydrogen) atoms. The van der Waals surface area contributed by atoms with Gasteiger partial charge in [0.1, 0.15) is 0 Å². The van der Waals surface area contributed by atoms with E-state index in [-0.39, 0.29) is 47.3 Å². The molecule has 0 aromatic heterocycles. The number of ether oxygens (including phenoxy) is 1. The number of hydrogen-bond donors (Lipinski definition) is 1. The second-order valence-corrected chi connectivity index (χ2v) is 7.78. The monoisotopic (exact) mass is 438 g/mol. The summed E-state index contributed by atoms with van der Waals surface area (Å²) in [7, 11) is 0. The molecule has 0 saturated carbocycles. The summed E-state index contributed by atoms with van der Waals surface area (Å²) in [5.74, 6) is -2.46.